The summed E-state index contributed by atoms with van der Waals surface area (Å²) in [5.41, 5.74) is -1.70. The molecule has 110 valence electrons. The molecule has 0 saturated carbocycles. The molecule has 0 bridgehead atoms. The largest absolute Gasteiger partial charge is 0.465 e. The number of nitrogens with zero attached hydrogens (tertiary/aromatic N) is 1. The Hall–Kier alpha value is -1.30. The second kappa shape index (κ2) is 5.36. The third-order valence-electron chi connectivity index (χ3n) is 3.04. The number of carbonyl (C=O) groups is 2. The van der Waals surface area contributed by atoms with Gasteiger partial charge in [0.25, 0.3) is 0 Å². The maximum atomic E-state index is 11.9. The molecule has 1 aliphatic rings. The monoisotopic (exact) mass is 273 g/mol. The maximum absolute atomic E-state index is 11.9. The van der Waals surface area contributed by atoms with Gasteiger partial charge in [-0.2, -0.15) is 0 Å². The van der Waals surface area contributed by atoms with Crippen molar-refractivity contribution in [1.29, 1.82) is 0 Å². The predicted molar refractivity (Wildman–Crippen MR) is 68.6 cm³/mol. The van der Waals surface area contributed by atoms with E-state index in [0.29, 0.717) is 0 Å². The van der Waals surface area contributed by atoms with Gasteiger partial charge >= 0.3 is 12.1 Å². The van der Waals surface area contributed by atoms with Crippen LogP contribution in [0, 0.1) is 5.41 Å². The number of aliphatic hydroxyl groups is 1. The summed E-state index contributed by atoms with van der Waals surface area (Å²) in [5.74, 6) is -0.492. The Morgan fingerprint density at radius 2 is 2.00 bits per heavy atom. The molecule has 0 radical (unpaired) electrons. The van der Waals surface area contributed by atoms with Crippen LogP contribution in [-0.2, 0) is 14.3 Å². The number of β-amino-alcohol motifs (C(OH)–C–C–N with tert-alkyl or cyclic N) is 1. The van der Waals surface area contributed by atoms with E-state index in [1.807, 2.05) is 0 Å². The molecule has 2 atom stereocenters. The van der Waals surface area contributed by atoms with Crippen molar-refractivity contribution in [3.05, 3.63) is 0 Å². The number of ether oxygens (including phenoxy) is 2. The lowest BCUT2D eigenvalue weighted by Crippen LogP contribution is -2.41. The Morgan fingerprint density at radius 3 is 2.47 bits per heavy atom. The fraction of sp³-hybridized carbons (Fsp3) is 0.846. The number of likely N-dealkylation sites (tertiary alicyclic amines) is 1. The Labute approximate surface area is 113 Å². The van der Waals surface area contributed by atoms with Gasteiger partial charge in [0.05, 0.1) is 19.3 Å². The highest BCUT2D eigenvalue weighted by Gasteiger charge is 2.51. The SMILES string of the molecule is CCOC(=O)C1(C)CN(C(=O)OC(C)(C)C)CC1O. The maximum Gasteiger partial charge on any atom is 0.410 e. The fourth-order valence-electron chi connectivity index (χ4n) is 1.94. The lowest BCUT2D eigenvalue weighted by atomic mass is 9.87. The van der Waals surface area contributed by atoms with Crippen molar-refractivity contribution < 1.29 is 24.2 Å². The first kappa shape index (κ1) is 15.8. The van der Waals surface area contributed by atoms with E-state index in [1.54, 1.807) is 34.6 Å². The van der Waals surface area contributed by atoms with Gasteiger partial charge in [0, 0.05) is 6.54 Å². The summed E-state index contributed by atoms with van der Waals surface area (Å²) in [6.45, 7) is 9.01. The first-order valence-electron chi connectivity index (χ1n) is 6.43. The third kappa shape index (κ3) is 3.59. The molecule has 1 aliphatic heterocycles. The van der Waals surface area contributed by atoms with Gasteiger partial charge in [-0.3, -0.25) is 4.79 Å². The van der Waals surface area contributed by atoms with Gasteiger partial charge in [0.15, 0.2) is 0 Å². The zero-order chi connectivity index (χ0) is 14.8. The molecular weight excluding hydrogens is 250 g/mol. The number of hydrogen-bond acceptors (Lipinski definition) is 5. The van der Waals surface area contributed by atoms with Crippen LogP contribution >= 0.6 is 0 Å². The molecule has 0 aromatic carbocycles. The Balaban J connectivity index is 2.74. The second-order valence-corrected chi connectivity index (χ2v) is 6.01. The van der Waals surface area contributed by atoms with E-state index < -0.39 is 29.2 Å². The van der Waals surface area contributed by atoms with Gasteiger partial charge in [0.2, 0.25) is 0 Å². The third-order valence-corrected chi connectivity index (χ3v) is 3.04. The highest BCUT2D eigenvalue weighted by atomic mass is 16.6. The lowest BCUT2D eigenvalue weighted by Gasteiger charge is -2.26. The topological polar surface area (TPSA) is 76.1 Å². The van der Waals surface area contributed by atoms with Crippen LogP contribution in [0.1, 0.15) is 34.6 Å². The highest BCUT2D eigenvalue weighted by Crippen LogP contribution is 2.32. The van der Waals surface area contributed by atoms with Crippen LogP contribution < -0.4 is 0 Å². The molecule has 1 rings (SSSR count). The number of rotatable bonds is 2. The summed E-state index contributed by atoms with van der Waals surface area (Å²) >= 11 is 0. The molecule has 0 aliphatic carbocycles. The smallest absolute Gasteiger partial charge is 0.410 e. The molecule has 1 saturated heterocycles. The van der Waals surface area contributed by atoms with Crippen molar-refractivity contribution in [3.8, 4) is 0 Å². The molecule has 6 heteroatoms. The Kier molecular flexibility index (Phi) is 4.45. The van der Waals surface area contributed by atoms with Gasteiger partial charge in [0.1, 0.15) is 11.0 Å². The number of esters is 1. The van der Waals surface area contributed by atoms with Gasteiger partial charge in [-0.15, -0.1) is 0 Å². The predicted octanol–water partition coefficient (Wildman–Crippen LogP) is 1.17. The molecular formula is C13H23NO5. The van der Waals surface area contributed by atoms with Crippen LogP contribution in [0.25, 0.3) is 0 Å². The van der Waals surface area contributed by atoms with Crippen molar-refractivity contribution >= 4 is 12.1 Å². The minimum absolute atomic E-state index is 0.0736. The van der Waals surface area contributed by atoms with Crippen LogP contribution in [-0.4, -0.2) is 53.5 Å². The first-order chi connectivity index (χ1) is 8.60. The summed E-state index contributed by atoms with van der Waals surface area (Å²) in [7, 11) is 0. The molecule has 0 aromatic heterocycles. The number of amides is 1. The molecule has 19 heavy (non-hydrogen) atoms. The van der Waals surface area contributed by atoms with E-state index in [4.69, 9.17) is 9.47 Å². The van der Waals surface area contributed by atoms with Crippen molar-refractivity contribution in [2.75, 3.05) is 19.7 Å². The molecule has 0 aromatic rings. The van der Waals surface area contributed by atoms with Crippen LogP contribution in [0.15, 0.2) is 0 Å². The minimum atomic E-state index is -1.09. The molecule has 0 spiro atoms. The Bertz CT molecular complexity index is 363. The zero-order valence-corrected chi connectivity index (χ0v) is 12.2. The van der Waals surface area contributed by atoms with Gasteiger partial charge in [-0.25, -0.2) is 4.79 Å². The normalized spacial score (nSPS) is 27.3. The lowest BCUT2D eigenvalue weighted by molar-refractivity contribution is -0.158. The average Bonchev–Trinajstić information content (AvgIpc) is 2.55. The van der Waals surface area contributed by atoms with E-state index in [9.17, 15) is 14.7 Å². The zero-order valence-electron chi connectivity index (χ0n) is 12.2. The molecule has 6 nitrogen and oxygen atoms in total. The quantitative estimate of drug-likeness (QED) is 0.764. The molecule has 1 fully saturated rings. The molecule has 1 heterocycles. The fourth-order valence-corrected chi connectivity index (χ4v) is 1.94. The minimum Gasteiger partial charge on any atom is -0.465 e. The molecule has 1 N–H and O–H groups in total. The van der Waals surface area contributed by atoms with E-state index in [-0.39, 0.29) is 19.7 Å². The molecule has 2 unspecified atom stereocenters. The van der Waals surface area contributed by atoms with Crippen LogP contribution in [0.3, 0.4) is 0 Å². The number of hydrogen-bond donors (Lipinski definition) is 1. The van der Waals surface area contributed by atoms with Crippen LogP contribution in [0.2, 0.25) is 0 Å². The van der Waals surface area contributed by atoms with E-state index in [2.05, 4.69) is 0 Å². The number of carbonyl (C=O) groups excluding carboxylic acids is 2. The first-order valence-corrected chi connectivity index (χ1v) is 6.43. The van der Waals surface area contributed by atoms with Crippen LogP contribution in [0.5, 0.6) is 0 Å². The average molecular weight is 273 g/mol. The Morgan fingerprint density at radius 1 is 1.42 bits per heavy atom. The van der Waals surface area contributed by atoms with Gasteiger partial charge < -0.3 is 19.5 Å². The van der Waals surface area contributed by atoms with Gasteiger partial charge in [-0.1, -0.05) is 0 Å². The highest BCUT2D eigenvalue weighted by molar-refractivity contribution is 5.80. The summed E-state index contributed by atoms with van der Waals surface area (Å²) < 4.78 is 10.2. The molecule has 1 amide bonds. The van der Waals surface area contributed by atoms with Crippen molar-refractivity contribution in [3.63, 3.8) is 0 Å². The summed E-state index contributed by atoms with van der Waals surface area (Å²) in [6, 6.07) is 0. The van der Waals surface area contributed by atoms with Crippen LogP contribution in [0.4, 0.5) is 4.79 Å². The summed E-state index contributed by atoms with van der Waals surface area (Å²) in [6.07, 6.45) is -1.47. The van der Waals surface area contributed by atoms with Crippen molar-refractivity contribution in [2.45, 2.75) is 46.3 Å². The van der Waals surface area contributed by atoms with E-state index >= 15 is 0 Å². The van der Waals surface area contributed by atoms with Crippen molar-refractivity contribution in [2.24, 2.45) is 5.41 Å². The summed E-state index contributed by atoms with van der Waals surface area (Å²) in [5, 5.41) is 10.0. The van der Waals surface area contributed by atoms with Gasteiger partial charge in [-0.05, 0) is 34.6 Å². The van der Waals surface area contributed by atoms with E-state index in [0.717, 1.165) is 0 Å². The number of aliphatic hydroxyl groups excluding tert-OH is 1. The van der Waals surface area contributed by atoms with E-state index in [1.165, 1.54) is 4.90 Å². The standard InChI is InChI=1S/C13H23NO5/c1-6-18-10(16)13(5)8-14(7-9(13)15)11(17)19-12(2,3)4/h9,15H,6-8H2,1-5H3. The van der Waals surface area contributed by atoms with Crippen molar-refractivity contribution in [1.82, 2.24) is 4.90 Å². The summed E-state index contributed by atoms with van der Waals surface area (Å²) in [4.78, 5) is 25.1. The second-order valence-electron chi connectivity index (χ2n) is 6.01.